The molecule has 1 heterocycles. The largest absolute Gasteiger partial charge is 0.444 e. The normalized spacial score (nSPS) is 20.6. The number of rotatable bonds is 3. The van der Waals surface area contributed by atoms with E-state index >= 15 is 0 Å². The predicted octanol–water partition coefficient (Wildman–Crippen LogP) is 2.05. The molecule has 0 aromatic carbocycles. The molecular weight excluding hydrogens is 248 g/mol. The molecule has 1 saturated heterocycles. The molecule has 1 aliphatic heterocycles. The fourth-order valence-electron chi connectivity index (χ4n) is 2.13. The molecule has 0 aliphatic carbocycles. The molecule has 108 valence electrons. The highest BCUT2D eigenvalue weighted by atomic mass is 16.6. The molecule has 1 fully saturated rings. The summed E-state index contributed by atoms with van der Waals surface area (Å²) in [5, 5.41) is 11.0. The van der Waals surface area contributed by atoms with Crippen molar-refractivity contribution in [2.24, 2.45) is 11.1 Å². The van der Waals surface area contributed by atoms with E-state index in [0.29, 0.717) is 19.5 Å². The zero-order chi connectivity index (χ0) is 14.5. The highest BCUT2D eigenvalue weighted by Crippen LogP contribution is 2.21. The summed E-state index contributed by atoms with van der Waals surface area (Å²) >= 11 is 0. The van der Waals surface area contributed by atoms with Gasteiger partial charge in [-0.15, -0.1) is 0 Å². The summed E-state index contributed by atoms with van der Waals surface area (Å²) in [6, 6.07) is 0. The zero-order valence-corrected chi connectivity index (χ0v) is 11.8. The molecule has 0 spiro atoms. The molecule has 6 heteroatoms. The molecule has 1 unspecified atom stereocenters. The van der Waals surface area contributed by atoms with Gasteiger partial charge in [-0.3, -0.25) is 4.79 Å². The van der Waals surface area contributed by atoms with Crippen molar-refractivity contribution in [1.82, 2.24) is 4.90 Å². The molecule has 6 nitrogen and oxygen atoms in total. The third-order valence-electron chi connectivity index (χ3n) is 2.86. The lowest BCUT2D eigenvalue weighted by molar-refractivity contribution is -0.113. The Morgan fingerprint density at radius 1 is 1.47 bits per heavy atom. The average molecular weight is 270 g/mol. The fraction of sp³-hybridized carbons (Fsp3) is 0.769. The minimum absolute atomic E-state index is 0.103. The minimum atomic E-state index is -0.511. The second-order valence-corrected chi connectivity index (χ2v) is 5.85. The Balaban J connectivity index is 2.50. The first-order chi connectivity index (χ1) is 8.81. The first-order valence-electron chi connectivity index (χ1n) is 6.50. The van der Waals surface area contributed by atoms with Gasteiger partial charge in [-0.25, -0.2) is 4.79 Å². The number of likely N-dealkylation sites (tertiary alicyclic amines) is 1. The molecule has 1 N–H and O–H groups in total. The van der Waals surface area contributed by atoms with Crippen LogP contribution in [0.3, 0.4) is 0 Å². The molecular formula is C13H22N2O4. The summed E-state index contributed by atoms with van der Waals surface area (Å²) in [5.74, 6) is -0.120. The standard InChI is InChI=1S/C13H22N2O4/c1-13(2,3)19-12(17)15-6-4-5-10(9-15)7-11(16)8-14-18/h8,10,18H,4-7,9H2,1-3H3/b14-8+. The van der Waals surface area contributed by atoms with Crippen molar-refractivity contribution in [3.63, 3.8) is 0 Å². The van der Waals surface area contributed by atoms with Crippen molar-refractivity contribution in [2.75, 3.05) is 13.1 Å². The molecule has 0 radical (unpaired) electrons. The van der Waals surface area contributed by atoms with Gasteiger partial charge < -0.3 is 14.8 Å². The molecule has 1 aliphatic rings. The Morgan fingerprint density at radius 3 is 2.74 bits per heavy atom. The highest BCUT2D eigenvalue weighted by Gasteiger charge is 2.28. The second-order valence-electron chi connectivity index (χ2n) is 5.85. The lowest BCUT2D eigenvalue weighted by Gasteiger charge is -2.33. The predicted molar refractivity (Wildman–Crippen MR) is 70.4 cm³/mol. The molecule has 0 bridgehead atoms. The molecule has 0 aromatic heterocycles. The third-order valence-corrected chi connectivity index (χ3v) is 2.86. The van der Waals surface area contributed by atoms with E-state index in [9.17, 15) is 9.59 Å². The van der Waals surface area contributed by atoms with Gasteiger partial charge in [0.05, 0.1) is 0 Å². The van der Waals surface area contributed by atoms with Crippen LogP contribution in [0.5, 0.6) is 0 Å². The number of Topliss-reactive ketones (excluding diaryl/α,β-unsaturated/α-hetero) is 1. The van der Waals surface area contributed by atoms with Crippen LogP contribution in [-0.4, -0.2) is 46.9 Å². The Hall–Kier alpha value is -1.59. The molecule has 0 saturated carbocycles. The van der Waals surface area contributed by atoms with Crippen LogP contribution in [0, 0.1) is 5.92 Å². The van der Waals surface area contributed by atoms with E-state index < -0.39 is 5.60 Å². The van der Waals surface area contributed by atoms with Crippen LogP contribution in [-0.2, 0) is 9.53 Å². The summed E-state index contributed by atoms with van der Waals surface area (Å²) < 4.78 is 5.31. The van der Waals surface area contributed by atoms with Crippen molar-refractivity contribution < 1.29 is 19.5 Å². The monoisotopic (exact) mass is 270 g/mol. The average Bonchev–Trinajstić information content (AvgIpc) is 2.27. The van der Waals surface area contributed by atoms with E-state index in [-0.39, 0.29) is 17.8 Å². The van der Waals surface area contributed by atoms with Crippen LogP contribution >= 0.6 is 0 Å². The van der Waals surface area contributed by atoms with Crippen LogP contribution in [0.25, 0.3) is 0 Å². The maximum absolute atomic E-state index is 11.9. The first kappa shape index (κ1) is 15.5. The number of piperidine rings is 1. The van der Waals surface area contributed by atoms with Crippen molar-refractivity contribution in [2.45, 2.75) is 45.6 Å². The van der Waals surface area contributed by atoms with Crippen molar-refractivity contribution in [1.29, 1.82) is 0 Å². The third kappa shape index (κ3) is 5.72. The number of ketones is 1. The number of oxime groups is 1. The van der Waals surface area contributed by atoms with Gasteiger partial charge in [0, 0.05) is 19.5 Å². The van der Waals surface area contributed by atoms with Crippen LogP contribution < -0.4 is 0 Å². The second kappa shape index (κ2) is 6.54. The first-order valence-corrected chi connectivity index (χ1v) is 6.50. The van der Waals surface area contributed by atoms with E-state index in [4.69, 9.17) is 9.94 Å². The van der Waals surface area contributed by atoms with Gasteiger partial charge in [0.2, 0.25) is 0 Å². The number of hydrogen-bond donors (Lipinski definition) is 1. The van der Waals surface area contributed by atoms with Crippen LogP contribution in [0.1, 0.15) is 40.0 Å². The number of hydrogen-bond acceptors (Lipinski definition) is 5. The number of amides is 1. The fourth-order valence-corrected chi connectivity index (χ4v) is 2.13. The lowest BCUT2D eigenvalue weighted by Crippen LogP contribution is -2.43. The number of carbonyl (C=O) groups is 2. The maximum atomic E-state index is 11.9. The van der Waals surface area contributed by atoms with Gasteiger partial charge in [-0.1, -0.05) is 5.16 Å². The van der Waals surface area contributed by atoms with Gasteiger partial charge in [0.25, 0.3) is 0 Å². The van der Waals surface area contributed by atoms with Gasteiger partial charge in [-0.2, -0.15) is 0 Å². The van der Waals surface area contributed by atoms with Crippen molar-refractivity contribution >= 4 is 18.1 Å². The quantitative estimate of drug-likeness (QED) is 0.483. The van der Waals surface area contributed by atoms with Crippen LogP contribution in [0.15, 0.2) is 5.16 Å². The maximum Gasteiger partial charge on any atom is 0.410 e. The summed E-state index contributed by atoms with van der Waals surface area (Å²) in [6.07, 6.45) is 2.62. The minimum Gasteiger partial charge on any atom is -0.444 e. The van der Waals surface area contributed by atoms with Crippen molar-refractivity contribution in [3.05, 3.63) is 0 Å². The summed E-state index contributed by atoms with van der Waals surface area (Å²) in [6.45, 7) is 6.66. The van der Waals surface area contributed by atoms with Crippen LogP contribution in [0.4, 0.5) is 4.79 Å². The Morgan fingerprint density at radius 2 is 2.16 bits per heavy atom. The van der Waals surface area contributed by atoms with E-state index in [2.05, 4.69) is 5.16 Å². The van der Waals surface area contributed by atoms with E-state index in [1.54, 1.807) is 4.90 Å². The number of nitrogens with zero attached hydrogens (tertiary/aromatic N) is 2. The molecule has 0 aromatic rings. The SMILES string of the molecule is CC(C)(C)OC(=O)N1CCCC(CC(=O)/C=N/O)C1. The van der Waals surface area contributed by atoms with Crippen molar-refractivity contribution in [3.8, 4) is 0 Å². The number of ether oxygens (including phenoxy) is 1. The van der Waals surface area contributed by atoms with Crippen LogP contribution in [0.2, 0.25) is 0 Å². The summed E-state index contributed by atoms with van der Waals surface area (Å²) in [4.78, 5) is 24.9. The Labute approximate surface area is 113 Å². The number of carbonyl (C=O) groups excluding carboxylic acids is 2. The zero-order valence-electron chi connectivity index (χ0n) is 11.8. The van der Waals surface area contributed by atoms with E-state index in [0.717, 1.165) is 19.1 Å². The Kier molecular flexibility index (Phi) is 5.32. The lowest BCUT2D eigenvalue weighted by atomic mass is 9.93. The summed E-state index contributed by atoms with van der Waals surface area (Å²) in [7, 11) is 0. The van der Waals surface area contributed by atoms with Gasteiger partial charge in [-0.05, 0) is 39.5 Å². The molecule has 19 heavy (non-hydrogen) atoms. The van der Waals surface area contributed by atoms with E-state index in [1.807, 2.05) is 20.8 Å². The summed E-state index contributed by atoms with van der Waals surface area (Å²) in [5.41, 5.74) is -0.511. The Bertz CT molecular complexity index is 360. The molecule has 1 atom stereocenters. The van der Waals surface area contributed by atoms with E-state index in [1.165, 1.54) is 0 Å². The van der Waals surface area contributed by atoms with Gasteiger partial charge >= 0.3 is 6.09 Å². The molecule has 1 rings (SSSR count). The smallest absolute Gasteiger partial charge is 0.410 e. The molecule has 1 amide bonds. The highest BCUT2D eigenvalue weighted by molar-refractivity contribution is 6.27. The topological polar surface area (TPSA) is 79.2 Å². The van der Waals surface area contributed by atoms with Gasteiger partial charge in [0.15, 0.2) is 5.78 Å². The van der Waals surface area contributed by atoms with Gasteiger partial charge in [0.1, 0.15) is 11.8 Å².